The van der Waals surface area contributed by atoms with E-state index in [4.69, 9.17) is 0 Å². The van der Waals surface area contributed by atoms with Gasteiger partial charge in [0.05, 0.1) is 20.6 Å². The van der Waals surface area contributed by atoms with E-state index in [0.29, 0.717) is 12.2 Å². The molecule has 3 nitrogen and oxygen atoms in total. The van der Waals surface area contributed by atoms with E-state index < -0.39 is 0 Å². The number of carbonyl (C=O) groups excluding carboxylic acids is 1. The Morgan fingerprint density at radius 3 is 1.74 bits per heavy atom. The number of Topliss-reactive ketones (excluding diaryl/α,β-unsaturated/α-hetero) is 1. The number of carbonyl (C=O) groups is 1. The van der Waals surface area contributed by atoms with Gasteiger partial charge in [0.15, 0.2) is 0 Å². The zero-order valence-corrected chi connectivity index (χ0v) is 24.0. The van der Waals surface area contributed by atoms with Crippen LogP contribution in [0, 0.1) is 0 Å². The first-order valence-electron chi connectivity index (χ1n) is 15.0. The molecule has 0 saturated carbocycles. The Hall–Kier alpha value is -1.19. The van der Waals surface area contributed by atoms with E-state index in [2.05, 4.69) is 63.3 Å². The zero-order chi connectivity index (χ0) is 25.6. The van der Waals surface area contributed by atoms with Crippen LogP contribution >= 0.6 is 0 Å². The second kappa shape index (κ2) is 20.9. The molecule has 0 N–H and O–H groups in total. The van der Waals surface area contributed by atoms with Crippen molar-refractivity contribution in [2.75, 3.05) is 40.8 Å². The van der Waals surface area contributed by atoms with Crippen LogP contribution in [0.2, 0.25) is 0 Å². The summed E-state index contributed by atoms with van der Waals surface area (Å²) in [6, 6.07) is 10.7. The molecule has 0 aliphatic rings. The maximum absolute atomic E-state index is 12.4. The van der Waals surface area contributed by atoms with Crippen LogP contribution in [-0.4, -0.2) is 55.9 Å². The van der Waals surface area contributed by atoms with Crippen molar-refractivity contribution < 1.29 is 9.28 Å². The molecule has 0 fully saturated rings. The molecule has 0 radical (unpaired) electrons. The molecule has 0 aromatic heterocycles. The first-order valence-corrected chi connectivity index (χ1v) is 15.0. The van der Waals surface area contributed by atoms with E-state index in [1.807, 2.05) is 0 Å². The maximum Gasteiger partial charge on any atom is 0.134 e. The third kappa shape index (κ3) is 19.7. The van der Waals surface area contributed by atoms with E-state index >= 15 is 0 Å². The minimum absolute atomic E-state index is 0.428. The normalized spacial score (nSPS) is 11.9. The average molecular weight is 488 g/mol. The van der Waals surface area contributed by atoms with E-state index in [1.165, 1.54) is 95.5 Å². The van der Waals surface area contributed by atoms with Crippen LogP contribution in [0.4, 0.5) is 0 Å². The quantitative estimate of drug-likeness (QED) is 0.108. The molecule has 3 heteroatoms. The Labute approximate surface area is 219 Å². The van der Waals surface area contributed by atoms with Crippen molar-refractivity contribution in [3.8, 4) is 0 Å². The van der Waals surface area contributed by atoms with E-state index in [9.17, 15) is 4.79 Å². The standard InChI is InChI=1S/C32H59N2O/c1-5-6-7-8-9-10-11-12-13-14-15-16-17-21-27-33(2)28-26-32(35)25-22-29-34(3,4)30-31-23-19-18-20-24-31/h18-20,23-24H,5-17,21-22,25-30H2,1-4H3/q+1. The Balaban J connectivity index is 1.91. The van der Waals surface area contributed by atoms with Crippen molar-refractivity contribution in [1.29, 1.82) is 0 Å². The molecule has 1 rings (SSSR count). The largest absolute Gasteiger partial charge is 0.325 e. The van der Waals surface area contributed by atoms with Gasteiger partial charge >= 0.3 is 0 Å². The number of hydrogen-bond donors (Lipinski definition) is 0. The predicted molar refractivity (Wildman–Crippen MR) is 154 cm³/mol. The molecule has 0 saturated heterocycles. The molecule has 0 amide bonds. The minimum atomic E-state index is 0.428. The van der Waals surface area contributed by atoms with Crippen LogP contribution in [0.15, 0.2) is 30.3 Å². The first-order chi connectivity index (χ1) is 16.9. The van der Waals surface area contributed by atoms with Crippen LogP contribution in [0.3, 0.4) is 0 Å². The number of rotatable bonds is 24. The van der Waals surface area contributed by atoms with Gasteiger partial charge in [-0.1, -0.05) is 121 Å². The van der Waals surface area contributed by atoms with Gasteiger partial charge < -0.3 is 9.38 Å². The van der Waals surface area contributed by atoms with Gasteiger partial charge in [0, 0.05) is 31.4 Å². The van der Waals surface area contributed by atoms with Crippen molar-refractivity contribution in [2.24, 2.45) is 0 Å². The highest BCUT2D eigenvalue weighted by Gasteiger charge is 2.16. The molecule has 1 aromatic rings. The monoisotopic (exact) mass is 487 g/mol. The van der Waals surface area contributed by atoms with E-state index in [-0.39, 0.29) is 0 Å². The summed E-state index contributed by atoms with van der Waals surface area (Å²) >= 11 is 0. The molecule has 202 valence electrons. The second-order valence-corrected chi connectivity index (χ2v) is 11.6. The number of ketones is 1. The number of quaternary nitrogens is 1. The molecule has 0 atom stereocenters. The molecule has 0 heterocycles. The molecule has 1 aromatic carbocycles. The fraction of sp³-hybridized carbons (Fsp3) is 0.781. The topological polar surface area (TPSA) is 20.3 Å². The van der Waals surface area contributed by atoms with E-state index in [0.717, 1.165) is 43.5 Å². The highest BCUT2D eigenvalue weighted by atomic mass is 16.1. The van der Waals surface area contributed by atoms with Gasteiger partial charge in [-0.05, 0) is 20.0 Å². The van der Waals surface area contributed by atoms with Gasteiger partial charge in [-0.15, -0.1) is 0 Å². The molecule has 0 spiro atoms. The number of benzene rings is 1. The summed E-state index contributed by atoms with van der Waals surface area (Å²) in [5.41, 5.74) is 1.37. The lowest BCUT2D eigenvalue weighted by Gasteiger charge is -2.30. The van der Waals surface area contributed by atoms with Crippen molar-refractivity contribution in [3.63, 3.8) is 0 Å². The summed E-state index contributed by atoms with van der Waals surface area (Å²) < 4.78 is 0.941. The third-order valence-electron chi connectivity index (χ3n) is 7.34. The van der Waals surface area contributed by atoms with Gasteiger partial charge in [0.1, 0.15) is 12.3 Å². The predicted octanol–water partition coefficient (Wildman–Crippen LogP) is 8.42. The Kier molecular flexibility index (Phi) is 19.1. The van der Waals surface area contributed by atoms with Gasteiger partial charge in [0.2, 0.25) is 0 Å². The summed E-state index contributed by atoms with van der Waals surface area (Å²) in [5.74, 6) is 0.428. The van der Waals surface area contributed by atoms with Crippen molar-refractivity contribution >= 4 is 5.78 Å². The Bertz CT molecular complexity index is 613. The van der Waals surface area contributed by atoms with Gasteiger partial charge in [-0.3, -0.25) is 4.79 Å². The summed E-state index contributed by atoms with van der Waals surface area (Å²) in [5, 5.41) is 0. The Morgan fingerprint density at radius 1 is 0.686 bits per heavy atom. The first kappa shape index (κ1) is 31.8. The summed E-state index contributed by atoms with van der Waals surface area (Å²) in [6.07, 6.45) is 22.1. The fourth-order valence-corrected chi connectivity index (χ4v) is 4.99. The lowest BCUT2D eigenvalue weighted by atomic mass is 10.0. The third-order valence-corrected chi connectivity index (χ3v) is 7.34. The maximum atomic E-state index is 12.4. The summed E-state index contributed by atoms with van der Waals surface area (Å²) in [7, 11) is 6.71. The van der Waals surface area contributed by atoms with Crippen LogP contribution < -0.4 is 0 Å². The zero-order valence-electron chi connectivity index (χ0n) is 24.0. The number of hydrogen-bond acceptors (Lipinski definition) is 2. The van der Waals surface area contributed by atoms with Crippen LogP contribution in [0.5, 0.6) is 0 Å². The molecule has 0 unspecified atom stereocenters. The molecule has 0 aliphatic heterocycles. The molecular formula is C32H59N2O+. The van der Waals surface area contributed by atoms with Gasteiger partial charge in [0.25, 0.3) is 0 Å². The average Bonchev–Trinajstić information content (AvgIpc) is 2.83. The van der Waals surface area contributed by atoms with Gasteiger partial charge in [-0.25, -0.2) is 0 Å². The molecule has 0 aliphatic carbocycles. The second-order valence-electron chi connectivity index (χ2n) is 11.6. The van der Waals surface area contributed by atoms with E-state index in [1.54, 1.807) is 0 Å². The summed E-state index contributed by atoms with van der Waals surface area (Å²) in [6.45, 7) is 6.41. The fourth-order valence-electron chi connectivity index (χ4n) is 4.99. The van der Waals surface area contributed by atoms with Crippen LogP contribution in [0.25, 0.3) is 0 Å². The number of nitrogens with zero attached hydrogens (tertiary/aromatic N) is 2. The van der Waals surface area contributed by atoms with Crippen molar-refractivity contribution in [2.45, 2.75) is 123 Å². The van der Waals surface area contributed by atoms with Crippen molar-refractivity contribution in [1.82, 2.24) is 4.90 Å². The molecule has 0 bridgehead atoms. The minimum Gasteiger partial charge on any atom is -0.325 e. The smallest absolute Gasteiger partial charge is 0.134 e. The lowest BCUT2D eigenvalue weighted by molar-refractivity contribution is -0.903. The highest BCUT2D eigenvalue weighted by Crippen LogP contribution is 2.14. The molecular weight excluding hydrogens is 428 g/mol. The summed E-state index contributed by atoms with van der Waals surface area (Å²) in [4.78, 5) is 14.7. The van der Waals surface area contributed by atoms with Gasteiger partial charge in [-0.2, -0.15) is 0 Å². The number of unbranched alkanes of at least 4 members (excludes halogenated alkanes) is 13. The SMILES string of the molecule is CCCCCCCCCCCCCCCCN(C)CCC(=O)CCC[N+](C)(C)Cc1ccccc1. The van der Waals surface area contributed by atoms with Crippen molar-refractivity contribution in [3.05, 3.63) is 35.9 Å². The Morgan fingerprint density at radius 2 is 1.20 bits per heavy atom. The highest BCUT2D eigenvalue weighted by molar-refractivity contribution is 5.78. The van der Waals surface area contributed by atoms with Crippen LogP contribution in [0.1, 0.15) is 122 Å². The molecule has 35 heavy (non-hydrogen) atoms. The lowest BCUT2D eigenvalue weighted by Crippen LogP contribution is -2.39. The van der Waals surface area contributed by atoms with Crippen LogP contribution in [-0.2, 0) is 11.3 Å².